The SMILES string of the molecule is OC(Cc1cccc(F)c1)c1ccc(F)c(Cl)c1. The van der Waals surface area contributed by atoms with Gasteiger partial charge in [0.05, 0.1) is 11.1 Å². The van der Waals surface area contributed by atoms with Gasteiger partial charge in [0.15, 0.2) is 0 Å². The third kappa shape index (κ3) is 3.06. The molecular weight excluding hydrogens is 258 g/mol. The van der Waals surface area contributed by atoms with Gasteiger partial charge in [-0.25, -0.2) is 8.78 Å². The van der Waals surface area contributed by atoms with Crippen molar-refractivity contribution in [1.29, 1.82) is 0 Å². The molecule has 2 aromatic carbocycles. The largest absolute Gasteiger partial charge is 0.388 e. The molecule has 2 aromatic rings. The molecular formula is C14H11ClF2O. The Morgan fingerprint density at radius 1 is 1.11 bits per heavy atom. The number of aliphatic hydroxyl groups excluding tert-OH is 1. The second-order valence-corrected chi connectivity index (χ2v) is 4.43. The summed E-state index contributed by atoms with van der Waals surface area (Å²) in [6.45, 7) is 0. The first kappa shape index (κ1) is 13.0. The fourth-order valence-electron chi connectivity index (χ4n) is 1.72. The molecule has 18 heavy (non-hydrogen) atoms. The predicted octanol–water partition coefficient (Wildman–Crippen LogP) is 3.89. The van der Waals surface area contributed by atoms with E-state index in [1.807, 2.05) is 0 Å². The highest BCUT2D eigenvalue weighted by Crippen LogP contribution is 2.23. The Bertz CT molecular complexity index is 557. The number of rotatable bonds is 3. The number of aliphatic hydroxyl groups is 1. The monoisotopic (exact) mass is 268 g/mol. The predicted molar refractivity (Wildman–Crippen MR) is 66.5 cm³/mol. The van der Waals surface area contributed by atoms with Crippen molar-refractivity contribution in [3.63, 3.8) is 0 Å². The van der Waals surface area contributed by atoms with E-state index in [-0.39, 0.29) is 17.3 Å². The standard InChI is InChI=1S/C14H11ClF2O/c15-12-8-10(4-5-13(12)17)14(18)7-9-2-1-3-11(16)6-9/h1-6,8,14,18H,7H2. The first-order valence-electron chi connectivity index (χ1n) is 5.44. The lowest BCUT2D eigenvalue weighted by molar-refractivity contribution is 0.178. The van der Waals surface area contributed by atoms with E-state index in [0.717, 1.165) is 0 Å². The van der Waals surface area contributed by atoms with Gasteiger partial charge in [0.1, 0.15) is 11.6 Å². The average Bonchev–Trinajstić information content (AvgIpc) is 2.32. The van der Waals surface area contributed by atoms with Crippen LogP contribution in [0.1, 0.15) is 17.2 Å². The Labute approximate surface area is 109 Å². The molecule has 0 fully saturated rings. The Morgan fingerprint density at radius 2 is 1.89 bits per heavy atom. The van der Waals surface area contributed by atoms with E-state index in [9.17, 15) is 13.9 Å². The zero-order valence-corrected chi connectivity index (χ0v) is 10.2. The average molecular weight is 269 g/mol. The summed E-state index contributed by atoms with van der Waals surface area (Å²) in [5.41, 5.74) is 1.17. The molecule has 1 nitrogen and oxygen atoms in total. The van der Waals surface area contributed by atoms with Crippen LogP contribution in [0.5, 0.6) is 0 Å². The van der Waals surface area contributed by atoms with Crippen molar-refractivity contribution in [3.8, 4) is 0 Å². The first-order chi connectivity index (χ1) is 8.56. The molecule has 1 atom stereocenters. The molecule has 0 radical (unpaired) electrons. The minimum atomic E-state index is -0.843. The molecule has 0 aliphatic carbocycles. The van der Waals surface area contributed by atoms with Crippen LogP contribution >= 0.6 is 11.6 Å². The Balaban J connectivity index is 2.16. The van der Waals surface area contributed by atoms with Crippen LogP contribution in [0.2, 0.25) is 5.02 Å². The third-order valence-corrected chi connectivity index (χ3v) is 2.94. The van der Waals surface area contributed by atoms with Crippen LogP contribution in [0.25, 0.3) is 0 Å². The van der Waals surface area contributed by atoms with Gasteiger partial charge >= 0.3 is 0 Å². The second-order valence-electron chi connectivity index (χ2n) is 4.02. The van der Waals surface area contributed by atoms with Crippen LogP contribution < -0.4 is 0 Å². The van der Waals surface area contributed by atoms with Crippen molar-refractivity contribution in [3.05, 3.63) is 70.2 Å². The summed E-state index contributed by atoms with van der Waals surface area (Å²) < 4.78 is 26.0. The molecule has 94 valence electrons. The molecule has 0 bridgehead atoms. The molecule has 0 heterocycles. The summed E-state index contributed by atoms with van der Waals surface area (Å²) in [6, 6.07) is 10.0. The maximum Gasteiger partial charge on any atom is 0.141 e. The van der Waals surface area contributed by atoms with E-state index >= 15 is 0 Å². The Hall–Kier alpha value is -1.45. The van der Waals surface area contributed by atoms with Gasteiger partial charge in [0.2, 0.25) is 0 Å². The van der Waals surface area contributed by atoms with E-state index in [0.29, 0.717) is 11.1 Å². The van der Waals surface area contributed by atoms with Crippen molar-refractivity contribution in [1.82, 2.24) is 0 Å². The van der Waals surface area contributed by atoms with E-state index < -0.39 is 11.9 Å². The number of benzene rings is 2. The summed E-state index contributed by atoms with van der Waals surface area (Å²) in [4.78, 5) is 0. The summed E-state index contributed by atoms with van der Waals surface area (Å²) in [6.07, 6.45) is -0.593. The zero-order valence-electron chi connectivity index (χ0n) is 9.41. The van der Waals surface area contributed by atoms with Crippen molar-refractivity contribution in [2.75, 3.05) is 0 Å². The third-order valence-electron chi connectivity index (χ3n) is 2.65. The maximum absolute atomic E-state index is 13.0. The molecule has 1 unspecified atom stereocenters. The van der Waals surface area contributed by atoms with Crippen LogP contribution in [0, 0.1) is 11.6 Å². The van der Waals surface area contributed by atoms with Gasteiger partial charge in [-0.1, -0.05) is 29.8 Å². The fourth-order valence-corrected chi connectivity index (χ4v) is 1.91. The van der Waals surface area contributed by atoms with Gasteiger partial charge in [-0.15, -0.1) is 0 Å². The molecule has 0 aromatic heterocycles. The van der Waals surface area contributed by atoms with Crippen molar-refractivity contribution in [2.24, 2.45) is 0 Å². The molecule has 0 spiro atoms. The molecule has 0 amide bonds. The normalized spacial score (nSPS) is 12.4. The van der Waals surface area contributed by atoms with Crippen molar-refractivity contribution in [2.45, 2.75) is 12.5 Å². The number of hydrogen-bond acceptors (Lipinski definition) is 1. The van der Waals surface area contributed by atoms with E-state index in [1.165, 1.54) is 30.3 Å². The number of halogens is 3. The summed E-state index contributed by atoms with van der Waals surface area (Å²) in [7, 11) is 0. The van der Waals surface area contributed by atoms with Gasteiger partial charge < -0.3 is 5.11 Å². The van der Waals surface area contributed by atoms with Crippen LogP contribution in [0.3, 0.4) is 0 Å². The van der Waals surface area contributed by atoms with Gasteiger partial charge in [0, 0.05) is 6.42 Å². The van der Waals surface area contributed by atoms with Gasteiger partial charge in [-0.2, -0.15) is 0 Å². The Morgan fingerprint density at radius 3 is 2.56 bits per heavy atom. The summed E-state index contributed by atoms with van der Waals surface area (Å²) in [5, 5.41) is 9.94. The molecule has 4 heteroatoms. The van der Waals surface area contributed by atoms with Crippen LogP contribution in [0.15, 0.2) is 42.5 Å². The highest BCUT2D eigenvalue weighted by Gasteiger charge is 2.11. The number of hydrogen-bond donors (Lipinski definition) is 1. The zero-order chi connectivity index (χ0) is 13.1. The summed E-state index contributed by atoms with van der Waals surface area (Å²) in [5.74, 6) is -0.879. The van der Waals surface area contributed by atoms with Crippen molar-refractivity contribution >= 4 is 11.6 Å². The minimum absolute atomic E-state index is 0.0363. The van der Waals surface area contributed by atoms with E-state index in [1.54, 1.807) is 12.1 Å². The van der Waals surface area contributed by atoms with Gasteiger partial charge in [0.25, 0.3) is 0 Å². The van der Waals surface area contributed by atoms with Gasteiger partial charge in [-0.05, 0) is 35.4 Å². The highest BCUT2D eigenvalue weighted by molar-refractivity contribution is 6.30. The van der Waals surface area contributed by atoms with Crippen LogP contribution in [-0.2, 0) is 6.42 Å². The van der Waals surface area contributed by atoms with Crippen molar-refractivity contribution < 1.29 is 13.9 Å². The molecule has 0 saturated carbocycles. The first-order valence-corrected chi connectivity index (χ1v) is 5.81. The van der Waals surface area contributed by atoms with E-state index in [4.69, 9.17) is 11.6 Å². The molecule has 0 aliphatic rings. The molecule has 1 N–H and O–H groups in total. The second kappa shape index (κ2) is 5.46. The topological polar surface area (TPSA) is 20.2 Å². The molecule has 2 rings (SSSR count). The minimum Gasteiger partial charge on any atom is -0.388 e. The lowest BCUT2D eigenvalue weighted by Gasteiger charge is -2.11. The fraction of sp³-hybridized carbons (Fsp3) is 0.143. The van der Waals surface area contributed by atoms with Crippen LogP contribution in [0.4, 0.5) is 8.78 Å². The van der Waals surface area contributed by atoms with Gasteiger partial charge in [-0.3, -0.25) is 0 Å². The smallest absolute Gasteiger partial charge is 0.141 e. The summed E-state index contributed by atoms with van der Waals surface area (Å²) >= 11 is 5.64. The van der Waals surface area contributed by atoms with Crippen LogP contribution in [-0.4, -0.2) is 5.11 Å². The maximum atomic E-state index is 13.0. The van der Waals surface area contributed by atoms with E-state index in [2.05, 4.69) is 0 Å². The lowest BCUT2D eigenvalue weighted by Crippen LogP contribution is -2.02. The molecule has 0 saturated heterocycles. The Kier molecular flexibility index (Phi) is 3.94. The molecule has 0 aliphatic heterocycles. The quantitative estimate of drug-likeness (QED) is 0.895. The lowest BCUT2D eigenvalue weighted by atomic mass is 10.0. The highest BCUT2D eigenvalue weighted by atomic mass is 35.5.